The average Bonchev–Trinajstić information content (AvgIpc) is 2.76. The van der Waals surface area contributed by atoms with E-state index in [1.807, 2.05) is 19.9 Å². The van der Waals surface area contributed by atoms with Gasteiger partial charge in [0.1, 0.15) is 11.5 Å². The fourth-order valence-electron chi connectivity index (χ4n) is 1.67. The number of nitrogens with zero attached hydrogens (tertiary/aromatic N) is 3. The summed E-state index contributed by atoms with van der Waals surface area (Å²) >= 11 is 3.37. The Kier molecular flexibility index (Phi) is 4.42. The second-order valence-electron chi connectivity index (χ2n) is 4.66. The Morgan fingerprint density at radius 3 is 2.95 bits per heavy atom. The maximum atomic E-state index is 11.7. The lowest BCUT2D eigenvalue weighted by molar-refractivity contribution is -0.119. The first kappa shape index (κ1) is 13.9. The third-order valence-corrected chi connectivity index (χ3v) is 3.06. The van der Waals surface area contributed by atoms with Gasteiger partial charge in [-0.05, 0) is 34.0 Å². The van der Waals surface area contributed by atoms with Crippen LogP contribution < -0.4 is 0 Å². The first-order valence-corrected chi connectivity index (χ1v) is 6.80. The third-order valence-electron chi connectivity index (χ3n) is 2.42. The van der Waals surface area contributed by atoms with Crippen LogP contribution in [0.2, 0.25) is 0 Å². The van der Waals surface area contributed by atoms with Gasteiger partial charge in [-0.1, -0.05) is 19.0 Å². The van der Waals surface area contributed by atoms with E-state index in [1.54, 1.807) is 12.3 Å². The van der Waals surface area contributed by atoms with Gasteiger partial charge in [0, 0.05) is 17.1 Å². The van der Waals surface area contributed by atoms with Gasteiger partial charge in [-0.2, -0.15) is 4.98 Å². The zero-order valence-electron chi connectivity index (χ0n) is 10.8. The molecule has 0 bridgehead atoms. The summed E-state index contributed by atoms with van der Waals surface area (Å²) in [6.07, 6.45) is 2.35. The van der Waals surface area contributed by atoms with Crippen molar-refractivity contribution in [3.63, 3.8) is 0 Å². The molecule has 0 N–H and O–H groups in total. The molecular weight excluding hydrogens is 310 g/mol. The number of rotatable bonds is 5. The Morgan fingerprint density at radius 1 is 1.47 bits per heavy atom. The van der Waals surface area contributed by atoms with Crippen molar-refractivity contribution in [1.29, 1.82) is 0 Å². The summed E-state index contributed by atoms with van der Waals surface area (Å²) in [6.45, 7) is 4.00. The van der Waals surface area contributed by atoms with E-state index < -0.39 is 0 Å². The number of hydrogen-bond donors (Lipinski definition) is 0. The summed E-state index contributed by atoms with van der Waals surface area (Å²) in [7, 11) is 0. The second kappa shape index (κ2) is 6.06. The third kappa shape index (κ3) is 3.70. The molecule has 2 heterocycles. The van der Waals surface area contributed by atoms with E-state index in [9.17, 15) is 4.79 Å². The molecule has 2 aromatic heterocycles. The summed E-state index contributed by atoms with van der Waals surface area (Å²) in [6, 6.07) is 3.66. The van der Waals surface area contributed by atoms with Crippen LogP contribution in [0.4, 0.5) is 0 Å². The number of aromatic nitrogens is 3. The van der Waals surface area contributed by atoms with Crippen molar-refractivity contribution in [2.24, 2.45) is 5.92 Å². The molecule has 0 fully saturated rings. The van der Waals surface area contributed by atoms with Crippen molar-refractivity contribution in [1.82, 2.24) is 15.1 Å². The number of Topliss-reactive ketones (excluding diaryl/α,β-unsaturated/α-hetero) is 1. The number of carbonyl (C=O) groups excluding carboxylic acids is 1. The van der Waals surface area contributed by atoms with Crippen molar-refractivity contribution in [2.45, 2.75) is 26.7 Å². The van der Waals surface area contributed by atoms with E-state index in [0.717, 1.165) is 4.47 Å². The van der Waals surface area contributed by atoms with E-state index >= 15 is 0 Å². The lowest BCUT2D eigenvalue weighted by Crippen LogP contribution is -2.06. The highest BCUT2D eigenvalue weighted by molar-refractivity contribution is 9.10. The molecule has 19 heavy (non-hydrogen) atoms. The van der Waals surface area contributed by atoms with Gasteiger partial charge in [-0.3, -0.25) is 9.78 Å². The molecule has 5 nitrogen and oxygen atoms in total. The highest BCUT2D eigenvalue weighted by Gasteiger charge is 2.15. The van der Waals surface area contributed by atoms with Crippen LogP contribution in [-0.2, 0) is 11.2 Å². The molecule has 0 atom stereocenters. The van der Waals surface area contributed by atoms with Crippen LogP contribution in [0.1, 0.15) is 26.2 Å². The molecule has 0 saturated carbocycles. The van der Waals surface area contributed by atoms with Crippen molar-refractivity contribution in [3.05, 3.63) is 28.7 Å². The average molecular weight is 324 g/mol. The molecule has 2 aromatic rings. The lowest BCUT2D eigenvalue weighted by atomic mass is 10.1. The zero-order valence-corrected chi connectivity index (χ0v) is 12.3. The van der Waals surface area contributed by atoms with Crippen molar-refractivity contribution < 1.29 is 9.32 Å². The second-order valence-corrected chi connectivity index (χ2v) is 5.51. The van der Waals surface area contributed by atoms with Crippen LogP contribution in [-0.4, -0.2) is 20.9 Å². The number of carbonyl (C=O) groups is 1. The van der Waals surface area contributed by atoms with Gasteiger partial charge in [-0.15, -0.1) is 0 Å². The van der Waals surface area contributed by atoms with Crippen LogP contribution in [0.25, 0.3) is 11.5 Å². The summed E-state index contributed by atoms with van der Waals surface area (Å²) in [5.74, 6) is 1.16. The minimum absolute atomic E-state index is 0.102. The normalized spacial score (nSPS) is 10.9. The summed E-state index contributed by atoms with van der Waals surface area (Å²) in [5, 5.41) is 3.85. The first-order valence-electron chi connectivity index (χ1n) is 6.01. The Balaban J connectivity index is 2.12. The quantitative estimate of drug-likeness (QED) is 0.845. The molecule has 0 unspecified atom stereocenters. The maximum Gasteiger partial charge on any atom is 0.234 e. The summed E-state index contributed by atoms with van der Waals surface area (Å²) < 4.78 is 5.87. The first-order chi connectivity index (χ1) is 9.06. The van der Waals surface area contributed by atoms with E-state index in [0.29, 0.717) is 29.7 Å². The minimum Gasteiger partial charge on any atom is -0.338 e. The van der Waals surface area contributed by atoms with Crippen LogP contribution >= 0.6 is 15.9 Å². The van der Waals surface area contributed by atoms with Crippen LogP contribution in [0.5, 0.6) is 0 Å². The Hall–Kier alpha value is -1.56. The predicted octanol–water partition coefficient (Wildman–Crippen LogP) is 3.05. The number of hydrogen-bond acceptors (Lipinski definition) is 5. The Morgan fingerprint density at radius 2 is 2.26 bits per heavy atom. The van der Waals surface area contributed by atoms with E-state index in [4.69, 9.17) is 4.52 Å². The molecule has 2 rings (SSSR count). The van der Waals surface area contributed by atoms with Crippen molar-refractivity contribution >= 4 is 21.7 Å². The molecule has 0 aromatic carbocycles. The molecule has 100 valence electrons. The van der Waals surface area contributed by atoms with E-state index in [2.05, 4.69) is 31.1 Å². The predicted molar refractivity (Wildman–Crippen MR) is 73.4 cm³/mol. The molecule has 0 aliphatic rings. The van der Waals surface area contributed by atoms with Crippen LogP contribution in [0.3, 0.4) is 0 Å². The van der Waals surface area contributed by atoms with Gasteiger partial charge in [0.25, 0.3) is 0 Å². The largest absolute Gasteiger partial charge is 0.338 e. The highest BCUT2D eigenvalue weighted by atomic mass is 79.9. The fourth-order valence-corrected chi connectivity index (χ4v) is 2.10. The smallest absolute Gasteiger partial charge is 0.234 e. The Bertz CT molecular complexity index is 581. The summed E-state index contributed by atoms with van der Waals surface area (Å²) in [5.41, 5.74) is 0.605. The van der Waals surface area contributed by atoms with E-state index in [1.165, 1.54) is 0 Å². The van der Waals surface area contributed by atoms with Crippen molar-refractivity contribution in [2.75, 3.05) is 0 Å². The molecule has 0 aliphatic carbocycles. The van der Waals surface area contributed by atoms with Gasteiger partial charge < -0.3 is 4.52 Å². The van der Waals surface area contributed by atoms with Crippen LogP contribution in [0, 0.1) is 5.92 Å². The Labute approximate surface area is 119 Å². The SMILES string of the molecule is CC(C)CC(=O)Cc1nc(-c2ncccc2Br)no1. The summed E-state index contributed by atoms with van der Waals surface area (Å²) in [4.78, 5) is 20.1. The topological polar surface area (TPSA) is 68.9 Å². The van der Waals surface area contributed by atoms with E-state index in [-0.39, 0.29) is 12.2 Å². The molecule has 0 radical (unpaired) electrons. The van der Waals surface area contributed by atoms with Gasteiger partial charge >= 0.3 is 0 Å². The number of pyridine rings is 1. The molecule has 0 spiro atoms. The van der Waals surface area contributed by atoms with Crippen molar-refractivity contribution in [3.8, 4) is 11.5 Å². The molecule has 0 amide bonds. The monoisotopic (exact) mass is 323 g/mol. The van der Waals surface area contributed by atoms with Gasteiger partial charge in [0.05, 0.1) is 6.42 Å². The van der Waals surface area contributed by atoms with Gasteiger partial charge in [0.15, 0.2) is 0 Å². The molecule has 6 heteroatoms. The fraction of sp³-hybridized carbons (Fsp3) is 0.385. The molecule has 0 aliphatic heterocycles. The van der Waals surface area contributed by atoms with Gasteiger partial charge in [-0.25, -0.2) is 0 Å². The molecular formula is C13H14BrN3O2. The zero-order chi connectivity index (χ0) is 13.8. The number of halogens is 1. The van der Waals surface area contributed by atoms with Crippen LogP contribution in [0.15, 0.2) is 27.3 Å². The van der Waals surface area contributed by atoms with Gasteiger partial charge in [0.2, 0.25) is 11.7 Å². The highest BCUT2D eigenvalue weighted by Crippen LogP contribution is 2.23. The standard InChI is InChI=1S/C13H14BrN3O2/c1-8(2)6-9(18)7-11-16-13(17-19-11)12-10(14)4-3-5-15-12/h3-5,8H,6-7H2,1-2H3. The maximum absolute atomic E-state index is 11.7. The lowest BCUT2D eigenvalue weighted by Gasteiger charge is -2.00. The number of ketones is 1. The minimum atomic E-state index is 0.102. The molecule has 0 saturated heterocycles.